The van der Waals surface area contributed by atoms with Crippen molar-refractivity contribution in [3.05, 3.63) is 11.2 Å². The number of hydrogen-bond acceptors (Lipinski definition) is 4. The van der Waals surface area contributed by atoms with Gasteiger partial charge in [-0.15, -0.1) is 11.3 Å². The molecule has 100 valence electrons. The highest BCUT2D eigenvalue weighted by atomic mass is 32.1. The van der Waals surface area contributed by atoms with E-state index in [2.05, 4.69) is 17.2 Å². The Kier molecular flexibility index (Phi) is 4.58. The minimum atomic E-state index is -0.951. The maximum Gasteiger partial charge on any atom is 0.357 e. The average molecular weight is 268 g/mol. The van der Waals surface area contributed by atoms with Crippen LogP contribution in [0.1, 0.15) is 49.5 Å². The summed E-state index contributed by atoms with van der Waals surface area (Å²) in [6.07, 6.45) is 6.44. The second kappa shape index (κ2) is 6.18. The van der Waals surface area contributed by atoms with E-state index in [1.54, 1.807) is 5.51 Å². The molecule has 1 aromatic rings. The van der Waals surface area contributed by atoms with Crippen LogP contribution in [0.2, 0.25) is 0 Å². The fraction of sp³-hybridized carbons (Fsp3) is 0.692. The van der Waals surface area contributed by atoms with Gasteiger partial charge in [0.1, 0.15) is 5.00 Å². The van der Waals surface area contributed by atoms with Gasteiger partial charge < -0.3 is 10.4 Å². The Labute approximate surface area is 111 Å². The maximum absolute atomic E-state index is 10.9. The van der Waals surface area contributed by atoms with Gasteiger partial charge in [0.2, 0.25) is 0 Å². The van der Waals surface area contributed by atoms with Crippen molar-refractivity contribution < 1.29 is 9.90 Å². The number of carboxylic acid groups (broad SMARTS) is 1. The SMILES string of the molecule is CCC1CCC(CNc2scnc2C(=O)O)CC1. The van der Waals surface area contributed by atoms with E-state index in [4.69, 9.17) is 5.11 Å². The fourth-order valence-electron chi connectivity index (χ4n) is 2.60. The van der Waals surface area contributed by atoms with Crippen LogP contribution >= 0.6 is 11.3 Å². The van der Waals surface area contributed by atoms with Crippen molar-refractivity contribution in [2.45, 2.75) is 39.0 Å². The highest BCUT2D eigenvalue weighted by Gasteiger charge is 2.21. The van der Waals surface area contributed by atoms with Crippen LogP contribution in [0.3, 0.4) is 0 Å². The molecule has 1 aliphatic carbocycles. The Balaban J connectivity index is 1.81. The molecule has 0 bridgehead atoms. The smallest absolute Gasteiger partial charge is 0.357 e. The minimum absolute atomic E-state index is 0.155. The Morgan fingerprint density at radius 3 is 2.72 bits per heavy atom. The molecule has 0 amide bonds. The quantitative estimate of drug-likeness (QED) is 0.858. The second-order valence-corrected chi connectivity index (χ2v) is 5.87. The van der Waals surface area contributed by atoms with Crippen LogP contribution in [0.5, 0.6) is 0 Å². The summed E-state index contributed by atoms with van der Waals surface area (Å²) < 4.78 is 0. The van der Waals surface area contributed by atoms with E-state index in [0.29, 0.717) is 10.9 Å². The van der Waals surface area contributed by atoms with Crippen LogP contribution in [-0.4, -0.2) is 22.6 Å². The van der Waals surface area contributed by atoms with E-state index in [0.717, 1.165) is 12.5 Å². The van der Waals surface area contributed by atoms with Crippen molar-refractivity contribution in [3.8, 4) is 0 Å². The lowest BCUT2D eigenvalue weighted by atomic mass is 9.81. The number of hydrogen-bond donors (Lipinski definition) is 2. The van der Waals surface area contributed by atoms with E-state index in [1.165, 1.54) is 43.4 Å². The number of nitrogens with one attached hydrogen (secondary N) is 1. The minimum Gasteiger partial charge on any atom is -0.476 e. The Morgan fingerprint density at radius 1 is 1.44 bits per heavy atom. The summed E-state index contributed by atoms with van der Waals surface area (Å²) in [5, 5.41) is 12.9. The summed E-state index contributed by atoms with van der Waals surface area (Å²) in [5.41, 5.74) is 1.74. The van der Waals surface area contributed by atoms with Crippen molar-refractivity contribution >= 4 is 22.3 Å². The first-order valence-electron chi connectivity index (χ1n) is 6.61. The molecule has 2 rings (SSSR count). The van der Waals surface area contributed by atoms with Gasteiger partial charge in [-0.25, -0.2) is 9.78 Å². The Bertz CT molecular complexity index is 397. The molecule has 0 unspecified atom stereocenters. The molecule has 1 aliphatic rings. The third-order valence-electron chi connectivity index (χ3n) is 3.86. The van der Waals surface area contributed by atoms with Crippen LogP contribution in [0, 0.1) is 11.8 Å². The Morgan fingerprint density at radius 2 is 2.11 bits per heavy atom. The lowest BCUT2D eigenvalue weighted by Crippen LogP contribution is -2.21. The number of carboxylic acids is 1. The number of carbonyl (C=O) groups is 1. The normalized spacial score (nSPS) is 23.8. The average Bonchev–Trinajstić information content (AvgIpc) is 2.85. The van der Waals surface area contributed by atoms with Gasteiger partial charge in [0.15, 0.2) is 5.69 Å². The highest BCUT2D eigenvalue weighted by Crippen LogP contribution is 2.31. The van der Waals surface area contributed by atoms with Crippen LogP contribution in [-0.2, 0) is 0 Å². The summed E-state index contributed by atoms with van der Waals surface area (Å²) in [5.74, 6) is 0.629. The molecule has 0 saturated heterocycles. The van der Waals surface area contributed by atoms with Crippen molar-refractivity contribution in [1.82, 2.24) is 4.98 Å². The Hall–Kier alpha value is -1.10. The summed E-state index contributed by atoms with van der Waals surface area (Å²) in [6, 6.07) is 0. The van der Waals surface area contributed by atoms with Gasteiger partial charge in [0.25, 0.3) is 0 Å². The molecule has 18 heavy (non-hydrogen) atoms. The molecule has 1 fully saturated rings. The molecule has 4 nitrogen and oxygen atoms in total. The number of aromatic carboxylic acids is 1. The topological polar surface area (TPSA) is 62.2 Å². The first kappa shape index (κ1) is 13.3. The first-order chi connectivity index (χ1) is 8.70. The zero-order valence-electron chi connectivity index (χ0n) is 10.7. The molecule has 1 heterocycles. The van der Waals surface area contributed by atoms with Crippen LogP contribution in [0.15, 0.2) is 5.51 Å². The van der Waals surface area contributed by atoms with E-state index in [1.807, 2.05) is 0 Å². The fourth-order valence-corrected chi connectivity index (χ4v) is 3.29. The van der Waals surface area contributed by atoms with E-state index in [9.17, 15) is 4.79 Å². The number of anilines is 1. The zero-order chi connectivity index (χ0) is 13.0. The molecule has 0 aromatic carbocycles. The van der Waals surface area contributed by atoms with Gasteiger partial charge in [-0.2, -0.15) is 0 Å². The van der Waals surface area contributed by atoms with Crippen molar-refractivity contribution in [3.63, 3.8) is 0 Å². The molecule has 0 atom stereocenters. The molecule has 1 aromatic heterocycles. The van der Waals surface area contributed by atoms with Crippen LogP contribution in [0.25, 0.3) is 0 Å². The van der Waals surface area contributed by atoms with Crippen molar-refractivity contribution in [2.75, 3.05) is 11.9 Å². The van der Waals surface area contributed by atoms with Crippen molar-refractivity contribution in [2.24, 2.45) is 11.8 Å². The van der Waals surface area contributed by atoms with Gasteiger partial charge in [-0.05, 0) is 24.7 Å². The predicted octanol–water partition coefficient (Wildman–Crippen LogP) is 3.47. The first-order valence-corrected chi connectivity index (χ1v) is 7.49. The molecule has 0 spiro atoms. The van der Waals surface area contributed by atoms with Gasteiger partial charge in [0.05, 0.1) is 5.51 Å². The molecule has 1 saturated carbocycles. The van der Waals surface area contributed by atoms with E-state index >= 15 is 0 Å². The summed E-state index contributed by atoms with van der Waals surface area (Å²) >= 11 is 1.37. The molecule has 2 N–H and O–H groups in total. The third kappa shape index (κ3) is 3.22. The zero-order valence-corrected chi connectivity index (χ0v) is 11.5. The second-order valence-electron chi connectivity index (χ2n) is 5.01. The number of rotatable bonds is 5. The summed E-state index contributed by atoms with van der Waals surface area (Å²) in [7, 11) is 0. The highest BCUT2D eigenvalue weighted by molar-refractivity contribution is 7.14. The van der Waals surface area contributed by atoms with Crippen molar-refractivity contribution in [1.29, 1.82) is 0 Å². The number of aromatic nitrogens is 1. The number of nitrogens with zero attached hydrogens (tertiary/aromatic N) is 1. The molecular weight excluding hydrogens is 248 g/mol. The van der Waals surface area contributed by atoms with Gasteiger partial charge in [-0.3, -0.25) is 0 Å². The van der Waals surface area contributed by atoms with Crippen LogP contribution < -0.4 is 5.32 Å². The monoisotopic (exact) mass is 268 g/mol. The van der Waals surface area contributed by atoms with Gasteiger partial charge >= 0.3 is 5.97 Å². The predicted molar refractivity (Wildman–Crippen MR) is 73.3 cm³/mol. The summed E-state index contributed by atoms with van der Waals surface area (Å²) in [6.45, 7) is 3.14. The van der Waals surface area contributed by atoms with E-state index < -0.39 is 5.97 Å². The maximum atomic E-state index is 10.9. The third-order valence-corrected chi connectivity index (χ3v) is 4.65. The standard InChI is InChI=1S/C13H20N2O2S/c1-2-9-3-5-10(6-4-9)7-14-12-11(13(16)17)15-8-18-12/h8-10,14H,2-7H2,1H3,(H,16,17). The van der Waals surface area contributed by atoms with Crippen LogP contribution in [0.4, 0.5) is 5.00 Å². The van der Waals surface area contributed by atoms with Gasteiger partial charge in [-0.1, -0.05) is 26.2 Å². The molecule has 5 heteroatoms. The van der Waals surface area contributed by atoms with E-state index in [-0.39, 0.29) is 5.69 Å². The lowest BCUT2D eigenvalue weighted by Gasteiger charge is -2.27. The summed E-state index contributed by atoms with van der Waals surface area (Å²) in [4.78, 5) is 14.8. The molecule has 0 radical (unpaired) electrons. The lowest BCUT2D eigenvalue weighted by molar-refractivity contribution is 0.0692. The number of thiazole rings is 1. The van der Waals surface area contributed by atoms with Gasteiger partial charge in [0, 0.05) is 6.54 Å². The molecule has 0 aliphatic heterocycles. The largest absolute Gasteiger partial charge is 0.476 e. The molecular formula is C13H20N2O2S.